The van der Waals surface area contributed by atoms with E-state index in [1.807, 2.05) is 48.5 Å². The number of carbonyl (C=O) groups excluding carboxylic acids is 1. The Kier molecular flexibility index (Phi) is 6.39. The second-order valence-electron chi connectivity index (χ2n) is 5.72. The predicted octanol–water partition coefficient (Wildman–Crippen LogP) is 4.61. The van der Waals surface area contributed by atoms with Gasteiger partial charge in [-0.05, 0) is 42.0 Å². The summed E-state index contributed by atoms with van der Waals surface area (Å²) in [7, 11) is 0. The van der Waals surface area contributed by atoms with E-state index in [2.05, 4.69) is 10.3 Å². The molecule has 1 atom stereocenters. The van der Waals surface area contributed by atoms with Gasteiger partial charge in [-0.3, -0.25) is 9.78 Å². The normalized spacial score (nSPS) is 11.7. The van der Waals surface area contributed by atoms with Gasteiger partial charge in [-0.15, -0.1) is 11.8 Å². The molecule has 3 aromatic rings. The topological polar surface area (TPSA) is 42.0 Å². The van der Waals surface area contributed by atoms with E-state index in [1.54, 1.807) is 18.3 Å². The molecule has 0 aliphatic rings. The molecule has 1 N–H and O–H groups in total. The van der Waals surface area contributed by atoms with Gasteiger partial charge in [0.2, 0.25) is 5.91 Å². The SMILES string of the molecule is O=C(CCSc1ccc(F)cc1)NC(c1ccccc1)c1ccccn1. The summed E-state index contributed by atoms with van der Waals surface area (Å²) < 4.78 is 12.9. The molecule has 1 amide bonds. The van der Waals surface area contributed by atoms with Gasteiger partial charge in [0.25, 0.3) is 0 Å². The maximum Gasteiger partial charge on any atom is 0.221 e. The summed E-state index contributed by atoms with van der Waals surface area (Å²) in [4.78, 5) is 17.8. The summed E-state index contributed by atoms with van der Waals surface area (Å²) in [6.07, 6.45) is 2.10. The Morgan fingerprint density at radius 3 is 2.42 bits per heavy atom. The highest BCUT2D eigenvalue weighted by Crippen LogP contribution is 2.22. The van der Waals surface area contributed by atoms with Crippen molar-refractivity contribution in [3.05, 3.63) is 96.1 Å². The standard InChI is InChI=1S/C21H19FN2OS/c22-17-9-11-18(12-10-17)26-15-13-20(25)24-21(16-6-2-1-3-7-16)19-8-4-5-14-23-19/h1-12,14,21H,13,15H2,(H,24,25). The van der Waals surface area contributed by atoms with E-state index < -0.39 is 0 Å². The number of aromatic nitrogens is 1. The lowest BCUT2D eigenvalue weighted by Gasteiger charge is -2.19. The maximum absolute atomic E-state index is 12.9. The number of hydrogen-bond donors (Lipinski definition) is 1. The summed E-state index contributed by atoms with van der Waals surface area (Å²) in [6.45, 7) is 0. The molecule has 1 aromatic heterocycles. The Morgan fingerprint density at radius 2 is 1.73 bits per heavy atom. The van der Waals surface area contributed by atoms with Crippen LogP contribution in [0.1, 0.15) is 23.7 Å². The van der Waals surface area contributed by atoms with Crippen LogP contribution < -0.4 is 5.32 Å². The maximum atomic E-state index is 12.9. The van der Waals surface area contributed by atoms with Crippen LogP contribution in [0.2, 0.25) is 0 Å². The zero-order valence-corrected chi connectivity index (χ0v) is 15.0. The van der Waals surface area contributed by atoms with E-state index in [0.29, 0.717) is 12.2 Å². The van der Waals surface area contributed by atoms with Gasteiger partial charge < -0.3 is 5.32 Å². The van der Waals surface area contributed by atoms with Gasteiger partial charge >= 0.3 is 0 Å². The van der Waals surface area contributed by atoms with Gasteiger partial charge in [-0.25, -0.2) is 4.39 Å². The monoisotopic (exact) mass is 366 g/mol. The Bertz CT molecular complexity index is 786. The van der Waals surface area contributed by atoms with Crippen molar-refractivity contribution in [2.75, 3.05) is 5.75 Å². The molecular weight excluding hydrogens is 347 g/mol. The first-order valence-electron chi connectivity index (χ1n) is 8.36. The van der Waals surface area contributed by atoms with Gasteiger partial charge in [-0.2, -0.15) is 0 Å². The van der Waals surface area contributed by atoms with Crippen LogP contribution in [0.25, 0.3) is 0 Å². The van der Waals surface area contributed by atoms with Crippen molar-refractivity contribution in [2.24, 2.45) is 0 Å². The zero-order valence-electron chi connectivity index (χ0n) is 14.1. The summed E-state index contributed by atoms with van der Waals surface area (Å²) in [5, 5.41) is 3.07. The van der Waals surface area contributed by atoms with Crippen molar-refractivity contribution < 1.29 is 9.18 Å². The average molecular weight is 366 g/mol. The minimum atomic E-state index is -0.277. The smallest absolute Gasteiger partial charge is 0.221 e. The van der Waals surface area contributed by atoms with E-state index in [-0.39, 0.29) is 17.8 Å². The Hall–Kier alpha value is -2.66. The van der Waals surface area contributed by atoms with Crippen LogP contribution in [0.4, 0.5) is 4.39 Å². The number of nitrogens with zero attached hydrogens (tertiary/aromatic N) is 1. The van der Waals surface area contributed by atoms with Crippen LogP contribution in [0.3, 0.4) is 0 Å². The van der Waals surface area contributed by atoms with E-state index >= 15 is 0 Å². The fourth-order valence-corrected chi connectivity index (χ4v) is 3.40. The second-order valence-corrected chi connectivity index (χ2v) is 6.89. The lowest BCUT2D eigenvalue weighted by molar-refractivity contribution is -0.121. The molecule has 2 aromatic carbocycles. The number of rotatable bonds is 7. The number of carbonyl (C=O) groups is 1. The van der Waals surface area contributed by atoms with Crippen molar-refractivity contribution in [3.8, 4) is 0 Å². The number of nitrogens with one attached hydrogen (secondary N) is 1. The van der Waals surface area contributed by atoms with Crippen LogP contribution >= 0.6 is 11.8 Å². The summed E-state index contributed by atoms with van der Waals surface area (Å²) >= 11 is 1.53. The molecule has 0 bridgehead atoms. The summed E-state index contributed by atoms with van der Waals surface area (Å²) in [6, 6.07) is 21.5. The number of amides is 1. The zero-order chi connectivity index (χ0) is 18.2. The number of hydrogen-bond acceptors (Lipinski definition) is 3. The molecule has 0 spiro atoms. The Labute approximate surface area is 156 Å². The second kappa shape index (κ2) is 9.15. The van der Waals surface area contributed by atoms with Crippen LogP contribution in [0.15, 0.2) is 83.9 Å². The summed E-state index contributed by atoms with van der Waals surface area (Å²) in [5.74, 6) is 0.327. The van der Waals surface area contributed by atoms with Crippen LogP contribution in [-0.2, 0) is 4.79 Å². The van der Waals surface area contributed by atoms with Crippen molar-refractivity contribution in [1.29, 1.82) is 0 Å². The van der Waals surface area contributed by atoms with E-state index in [0.717, 1.165) is 16.2 Å². The lowest BCUT2D eigenvalue weighted by Crippen LogP contribution is -2.30. The molecule has 0 saturated heterocycles. The third kappa shape index (κ3) is 5.17. The van der Waals surface area contributed by atoms with Gasteiger partial charge in [0.1, 0.15) is 5.82 Å². The molecule has 3 nitrogen and oxygen atoms in total. The first kappa shape index (κ1) is 18.1. The molecule has 0 fully saturated rings. The van der Waals surface area contributed by atoms with Crippen molar-refractivity contribution in [3.63, 3.8) is 0 Å². The molecule has 0 aliphatic heterocycles. The molecule has 0 saturated carbocycles. The van der Waals surface area contributed by atoms with E-state index in [4.69, 9.17) is 0 Å². The van der Waals surface area contributed by atoms with Crippen LogP contribution in [-0.4, -0.2) is 16.6 Å². The molecule has 1 heterocycles. The van der Waals surface area contributed by atoms with Crippen molar-refractivity contribution in [1.82, 2.24) is 10.3 Å². The first-order valence-corrected chi connectivity index (χ1v) is 9.34. The van der Waals surface area contributed by atoms with Gasteiger partial charge in [0.05, 0.1) is 11.7 Å². The van der Waals surface area contributed by atoms with Crippen LogP contribution in [0.5, 0.6) is 0 Å². The minimum absolute atomic E-state index is 0.0425. The van der Waals surface area contributed by atoms with Crippen molar-refractivity contribution in [2.45, 2.75) is 17.4 Å². The molecule has 1 unspecified atom stereocenters. The van der Waals surface area contributed by atoms with Gasteiger partial charge in [0, 0.05) is 23.3 Å². The molecule has 132 valence electrons. The highest BCUT2D eigenvalue weighted by molar-refractivity contribution is 7.99. The Morgan fingerprint density at radius 1 is 1.00 bits per heavy atom. The predicted molar refractivity (Wildman–Crippen MR) is 102 cm³/mol. The largest absolute Gasteiger partial charge is 0.344 e. The lowest BCUT2D eigenvalue weighted by atomic mass is 10.0. The fraction of sp³-hybridized carbons (Fsp3) is 0.143. The molecule has 0 aliphatic carbocycles. The van der Waals surface area contributed by atoms with Crippen LogP contribution in [0, 0.1) is 5.82 Å². The molecular formula is C21H19FN2OS. The third-order valence-electron chi connectivity index (χ3n) is 3.83. The van der Waals surface area contributed by atoms with Gasteiger partial charge in [0.15, 0.2) is 0 Å². The Balaban J connectivity index is 1.61. The highest BCUT2D eigenvalue weighted by Gasteiger charge is 2.17. The molecule has 5 heteroatoms. The quantitative estimate of drug-likeness (QED) is 0.621. The highest BCUT2D eigenvalue weighted by atomic mass is 32.2. The van der Waals surface area contributed by atoms with E-state index in [1.165, 1.54) is 23.9 Å². The number of thioether (sulfide) groups is 1. The minimum Gasteiger partial charge on any atom is -0.344 e. The van der Waals surface area contributed by atoms with E-state index in [9.17, 15) is 9.18 Å². The first-order chi connectivity index (χ1) is 12.7. The number of pyridine rings is 1. The average Bonchev–Trinajstić information content (AvgIpc) is 2.69. The summed E-state index contributed by atoms with van der Waals surface area (Å²) in [5.41, 5.74) is 1.80. The molecule has 3 rings (SSSR count). The number of halogens is 1. The third-order valence-corrected chi connectivity index (χ3v) is 4.85. The molecule has 0 radical (unpaired) electrons. The number of benzene rings is 2. The van der Waals surface area contributed by atoms with Gasteiger partial charge in [-0.1, -0.05) is 36.4 Å². The molecule has 26 heavy (non-hydrogen) atoms. The van der Waals surface area contributed by atoms with Crippen molar-refractivity contribution >= 4 is 17.7 Å². The fourth-order valence-electron chi connectivity index (χ4n) is 2.55.